The molecule has 108 valence electrons. The Morgan fingerprint density at radius 2 is 2.25 bits per heavy atom. The summed E-state index contributed by atoms with van der Waals surface area (Å²) >= 11 is 3.40. The predicted octanol–water partition coefficient (Wildman–Crippen LogP) is 2.71. The number of nitrogens with zero attached hydrogens (tertiary/aromatic N) is 1. The number of rotatable bonds is 3. The number of ether oxygens (including phenoxy) is 2. The molecule has 1 heterocycles. The third-order valence-corrected chi connectivity index (χ3v) is 4.48. The van der Waals surface area contributed by atoms with E-state index in [9.17, 15) is 4.79 Å². The summed E-state index contributed by atoms with van der Waals surface area (Å²) in [5.41, 5.74) is 0.628. The normalized spacial score (nSPS) is 22.7. The first-order valence-electron chi connectivity index (χ1n) is 6.93. The predicted molar refractivity (Wildman–Crippen MR) is 79.1 cm³/mol. The standard InChI is InChI=1S/C15H18BrNO3/c1-19-14-8-11(16)4-5-12(14)15(18)17-6-7-20-9-13(17)10-2-3-10/h4-5,8,10,13H,2-3,6-7,9H2,1H3/t13-/m1/s1. The number of benzene rings is 1. The van der Waals surface area contributed by atoms with Crippen LogP contribution in [0.25, 0.3) is 0 Å². The molecule has 1 saturated carbocycles. The van der Waals surface area contributed by atoms with Gasteiger partial charge in [0.15, 0.2) is 0 Å². The molecule has 1 aliphatic heterocycles. The van der Waals surface area contributed by atoms with Gasteiger partial charge in [0.2, 0.25) is 0 Å². The topological polar surface area (TPSA) is 38.8 Å². The Hall–Kier alpha value is -1.07. The molecule has 1 aromatic carbocycles. The molecule has 2 aliphatic rings. The maximum absolute atomic E-state index is 12.8. The van der Waals surface area contributed by atoms with Crippen molar-refractivity contribution in [1.82, 2.24) is 4.90 Å². The molecule has 1 atom stereocenters. The van der Waals surface area contributed by atoms with E-state index in [4.69, 9.17) is 9.47 Å². The van der Waals surface area contributed by atoms with Crippen LogP contribution in [0.4, 0.5) is 0 Å². The van der Waals surface area contributed by atoms with Gasteiger partial charge in [0.25, 0.3) is 5.91 Å². The van der Waals surface area contributed by atoms with Crippen LogP contribution in [0.1, 0.15) is 23.2 Å². The minimum Gasteiger partial charge on any atom is -0.496 e. The monoisotopic (exact) mass is 339 g/mol. The van der Waals surface area contributed by atoms with Gasteiger partial charge in [-0.1, -0.05) is 15.9 Å². The number of hydrogen-bond acceptors (Lipinski definition) is 3. The van der Waals surface area contributed by atoms with Crippen molar-refractivity contribution in [1.29, 1.82) is 0 Å². The van der Waals surface area contributed by atoms with Crippen molar-refractivity contribution in [2.75, 3.05) is 26.9 Å². The molecule has 5 heteroatoms. The smallest absolute Gasteiger partial charge is 0.258 e. The number of halogens is 1. The average molecular weight is 340 g/mol. The van der Waals surface area contributed by atoms with Gasteiger partial charge in [-0.25, -0.2) is 0 Å². The summed E-state index contributed by atoms with van der Waals surface area (Å²) in [6, 6.07) is 5.76. The van der Waals surface area contributed by atoms with Crippen molar-refractivity contribution in [3.05, 3.63) is 28.2 Å². The molecule has 2 fully saturated rings. The SMILES string of the molecule is COc1cc(Br)ccc1C(=O)N1CCOC[C@@H]1C1CC1. The first-order valence-corrected chi connectivity index (χ1v) is 7.72. The van der Waals surface area contributed by atoms with Crippen LogP contribution in [-0.2, 0) is 4.74 Å². The number of methoxy groups -OCH3 is 1. The van der Waals surface area contributed by atoms with Gasteiger partial charge in [-0.3, -0.25) is 4.79 Å². The second-order valence-corrected chi connectivity index (χ2v) is 6.24. The van der Waals surface area contributed by atoms with E-state index in [1.54, 1.807) is 7.11 Å². The van der Waals surface area contributed by atoms with Crippen LogP contribution in [0.5, 0.6) is 5.75 Å². The summed E-state index contributed by atoms with van der Waals surface area (Å²) in [4.78, 5) is 14.8. The number of morpholine rings is 1. The van der Waals surface area contributed by atoms with E-state index in [1.807, 2.05) is 23.1 Å². The van der Waals surface area contributed by atoms with E-state index in [1.165, 1.54) is 12.8 Å². The molecular weight excluding hydrogens is 322 g/mol. The number of hydrogen-bond donors (Lipinski definition) is 0. The quantitative estimate of drug-likeness (QED) is 0.849. The summed E-state index contributed by atoms with van der Waals surface area (Å²) in [5, 5.41) is 0. The Morgan fingerprint density at radius 3 is 2.95 bits per heavy atom. The molecule has 1 aromatic rings. The lowest BCUT2D eigenvalue weighted by Gasteiger charge is -2.36. The van der Waals surface area contributed by atoms with Crippen molar-refractivity contribution < 1.29 is 14.3 Å². The minimum atomic E-state index is 0.0505. The van der Waals surface area contributed by atoms with Crippen molar-refractivity contribution >= 4 is 21.8 Å². The van der Waals surface area contributed by atoms with Crippen LogP contribution in [-0.4, -0.2) is 43.7 Å². The van der Waals surface area contributed by atoms with Gasteiger partial charge in [0, 0.05) is 11.0 Å². The molecule has 0 aromatic heterocycles. The van der Waals surface area contributed by atoms with Gasteiger partial charge >= 0.3 is 0 Å². The fourth-order valence-corrected chi connectivity index (χ4v) is 3.08. The first kappa shape index (κ1) is 13.9. The molecule has 1 aliphatic carbocycles. The third kappa shape index (κ3) is 2.69. The Labute approximate surface area is 127 Å². The van der Waals surface area contributed by atoms with Crippen LogP contribution in [0.15, 0.2) is 22.7 Å². The Balaban J connectivity index is 1.86. The molecule has 1 saturated heterocycles. The van der Waals surface area contributed by atoms with Crippen LogP contribution >= 0.6 is 15.9 Å². The van der Waals surface area contributed by atoms with Crippen molar-refractivity contribution in [2.24, 2.45) is 5.92 Å². The van der Waals surface area contributed by atoms with Crippen molar-refractivity contribution in [2.45, 2.75) is 18.9 Å². The molecule has 0 spiro atoms. The van der Waals surface area contributed by atoms with Gasteiger partial charge in [-0.2, -0.15) is 0 Å². The van der Waals surface area contributed by atoms with E-state index < -0.39 is 0 Å². The minimum absolute atomic E-state index is 0.0505. The highest BCUT2D eigenvalue weighted by Crippen LogP contribution is 2.37. The first-order chi connectivity index (χ1) is 9.70. The zero-order chi connectivity index (χ0) is 14.1. The number of carbonyl (C=O) groups is 1. The molecule has 20 heavy (non-hydrogen) atoms. The summed E-state index contributed by atoms with van der Waals surface area (Å²) in [5.74, 6) is 1.28. The van der Waals surface area contributed by atoms with Gasteiger partial charge in [-0.05, 0) is 37.0 Å². The molecule has 4 nitrogen and oxygen atoms in total. The largest absolute Gasteiger partial charge is 0.496 e. The van der Waals surface area contributed by atoms with Gasteiger partial charge in [0.1, 0.15) is 5.75 Å². The Bertz CT molecular complexity index is 516. The lowest BCUT2D eigenvalue weighted by atomic mass is 10.1. The summed E-state index contributed by atoms with van der Waals surface area (Å²) in [6.07, 6.45) is 2.41. The number of amides is 1. The molecule has 0 unspecified atom stereocenters. The van der Waals surface area contributed by atoms with Crippen LogP contribution in [0.3, 0.4) is 0 Å². The van der Waals surface area contributed by atoms with Gasteiger partial charge < -0.3 is 14.4 Å². The van der Waals surface area contributed by atoms with Gasteiger partial charge in [-0.15, -0.1) is 0 Å². The summed E-state index contributed by atoms with van der Waals surface area (Å²) < 4.78 is 11.8. The van der Waals surface area contributed by atoms with E-state index >= 15 is 0 Å². The molecule has 0 bridgehead atoms. The molecule has 3 rings (SSSR count). The van der Waals surface area contributed by atoms with Crippen LogP contribution < -0.4 is 4.74 Å². The second-order valence-electron chi connectivity index (χ2n) is 5.32. The fourth-order valence-electron chi connectivity index (χ4n) is 2.74. The average Bonchev–Trinajstić information content (AvgIpc) is 3.31. The van der Waals surface area contributed by atoms with Crippen molar-refractivity contribution in [3.8, 4) is 5.75 Å². The molecular formula is C15H18BrNO3. The molecule has 0 radical (unpaired) electrons. The molecule has 0 N–H and O–H groups in total. The van der Waals surface area contributed by atoms with E-state index in [0.717, 1.165) is 4.47 Å². The lowest BCUT2D eigenvalue weighted by Crippen LogP contribution is -2.49. The van der Waals surface area contributed by atoms with E-state index in [-0.39, 0.29) is 11.9 Å². The van der Waals surface area contributed by atoms with Crippen LogP contribution in [0, 0.1) is 5.92 Å². The number of carbonyl (C=O) groups excluding carboxylic acids is 1. The van der Waals surface area contributed by atoms with E-state index in [0.29, 0.717) is 37.0 Å². The highest BCUT2D eigenvalue weighted by Gasteiger charge is 2.39. The zero-order valence-corrected chi connectivity index (χ0v) is 13.1. The van der Waals surface area contributed by atoms with Crippen molar-refractivity contribution in [3.63, 3.8) is 0 Å². The zero-order valence-electron chi connectivity index (χ0n) is 11.5. The maximum Gasteiger partial charge on any atom is 0.258 e. The fraction of sp³-hybridized carbons (Fsp3) is 0.533. The highest BCUT2D eigenvalue weighted by atomic mass is 79.9. The lowest BCUT2D eigenvalue weighted by molar-refractivity contribution is -0.00848. The summed E-state index contributed by atoms with van der Waals surface area (Å²) in [7, 11) is 1.59. The van der Waals surface area contributed by atoms with Gasteiger partial charge in [0.05, 0.1) is 31.9 Å². The van der Waals surface area contributed by atoms with E-state index in [2.05, 4.69) is 15.9 Å². The van der Waals surface area contributed by atoms with Crippen LogP contribution in [0.2, 0.25) is 0 Å². The highest BCUT2D eigenvalue weighted by molar-refractivity contribution is 9.10. The third-order valence-electron chi connectivity index (χ3n) is 3.99. The Morgan fingerprint density at radius 1 is 1.45 bits per heavy atom. The molecule has 1 amide bonds. The Kier molecular flexibility index (Phi) is 3.98. The summed E-state index contributed by atoms with van der Waals surface area (Å²) in [6.45, 7) is 1.95. The maximum atomic E-state index is 12.8. The second kappa shape index (κ2) is 5.74.